The number of hydrogen-bond donors (Lipinski definition) is 1. The SMILES string of the molecule is CC(C(=O)Oc1ccccc1)c1ccc(N)cc1.Cl. The molecule has 0 radical (unpaired) electrons. The van der Waals surface area contributed by atoms with Crippen LogP contribution in [-0.4, -0.2) is 5.97 Å². The van der Waals surface area contributed by atoms with E-state index >= 15 is 0 Å². The van der Waals surface area contributed by atoms with E-state index in [1.165, 1.54) is 0 Å². The minimum atomic E-state index is -0.314. The fraction of sp³-hybridized carbons (Fsp3) is 0.133. The van der Waals surface area contributed by atoms with Crippen molar-refractivity contribution < 1.29 is 9.53 Å². The van der Waals surface area contributed by atoms with Gasteiger partial charge in [0, 0.05) is 5.69 Å². The highest BCUT2D eigenvalue weighted by atomic mass is 35.5. The maximum absolute atomic E-state index is 11.9. The van der Waals surface area contributed by atoms with Crippen LogP contribution in [0.1, 0.15) is 18.4 Å². The molecule has 4 heteroatoms. The molecular formula is C15H16ClNO2. The first-order valence-corrected chi connectivity index (χ1v) is 5.79. The van der Waals surface area contributed by atoms with E-state index in [2.05, 4.69) is 0 Å². The summed E-state index contributed by atoms with van der Waals surface area (Å²) in [4.78, 5) is 11.9. The molecule has 3 nitrogen and oxygen atoms in total. The summed E-state index contributed by atoms with van der Waals surface area (Å²) in [6.45, 7) is 1.82. The zero-order chi connectivity index (χ0) is 13.0. The fourth-order valence-electron chi connectivity index (χ4n) is 1.61. The summed E-state index contributed by atoms with van der Waals surface area (Å²) < 4.78 is 5.29. The van der Waals surface area contributed by atoms with Gasteiger partial charge < -0.3 is 10.5 Å². The van der Waals surface area contributed by atoms with Gasteiger partial charge in [-0.1, -0.05) is 30.3 Å². The highest BCUT2D eigenvalue weighted by molar-refractivity contribution is 5.85. The van der Waals surface area contributed by atoms with Gasteiger partial charge >= 0.3 is 5.97 Å². The highest BCUT2D eigenvalue weighted by Crippen LogP contribution is 2.20. The fourth-order valence-corrected chi connectivity index (χ4v) is 1.61. The minimum absolute atomic E-state index is 0. The van der Waals surface area contributed by atoms with Gasteiger partial charge in [-0.05, 0) is 36.8 Å². The molecule has 1 unspecified atom stereocenters. The first kappa shape index (κ1) is 15.1. The number of benzene rings is 2. The smallest absolute Gasteiger partial charge is 0.318 e. The minimum Gasteiger partial charge on any atom is -0.426 e. The molecule has 0 saturated carbocycles. The Morgan fingerprint density at radius 1 is 1.05 bits per heavy atom. The molecule has 0 amide bonds. The van der Waals surface area contributed by atoms with E-state index in [9.17, 15) is 4.79 Å². The summed E-state index contributed by atoms with van der Waals surface area (Å²) in [6, 6.07) is 16.3. The van der Waals surface area contributed by atoms with E-state index in [4.69, 9.17) is 10.5 Å². The van der Waals surface area contributed by atoms with Gasteiger partial charge in [-0.25, -0.2) is 0 Å². The van der Waals surface area contributed by atoms with E-state index in [0.29, 0.717) is 11.4 Å². The van der Waals surface area contributed by atoms with E-state index in [1.807, 2.05) is 37.3 Å². The molecule has 0 spiro atoms. The quantitative estimate of drug-likeness (QED) is 0.531. The number of rotatable bonds is 3. The number of carbonyl (C=O) groups is 1. The topological polar surface area (TPSA) is 52.3 Å². The van der Waals surface area contributed by atoms with Gasteiger partial charge in [0.25, 0.3) is 0 Å². The van der Waals surface area contributed by atoms with Gasteiger partial charge in [-0.2, -0.15) is 0 Å². The molecular weight excluding hydrogens is 262 g/mol. The van der Waals surface area contributed by atoms with Gasteiger partial charge in [-0.3, -0.25) is 4.79 Å². The highest BCUT2D eigenvalue weighted by Gasteiger charge is 2.17. The van der Waals surface area contributed by atoms with Crippen molar-refractivity contribution in [3.63, 3.8) is 0 Å². The molecule has 19 heavy (non-hydrogen) atoms. The van der Waals surface area contributed by atoms with Crippen LogP contribution in [0.25, 0.3) is 0 Å². The molecule has 0 aromatic heterocycles. The number of esters is 1. The van der Waals surface area contributed by atoms with Crippen molar-refractivity contribution >= 4 is 24.1 Å². The van der Waals surface area contributed by atoms with E-state index in [0.717, 1.165) is 5.56 Å². The average molecular weight is 278 g/mol. The Morgan fingerprint density at radius 2 is 1.63 bits per heavy atom. The maximum atomic E-state index is 11.9. The molecule has 0 aliphatic rings. The molecule has 2 aromatic carbocycles. The van der Waals surface area contributed by atoms with Crippen molar-refractivity contribution in [3.05, 3.63) is 60.2 Å². The van der Waals surface area contributed by atoms with Crippen LogP contribution in [-0.2, 0) is 4.79 Å². The Bertz CT molecular complexity index is 526. The molecule has 0 fully saturated rings. The van der Waals surface area contributed by atoms with Crippen LogP contribution in [0.15, 0.2) is 54.6 Å². The summed E-state index contributed by atoms with van der Waals surface area (Å²) in [5.41, 5.74) is 7.19. The monoisotopic (exact) mass is 277 g/mol. The summed E-state index contributed by atoms with van der Waals surface area (Å²) in [7, 11) is 0. The van der Waals surface area contributed by atoms with E-state index in [1.54, 1.807) is 24.3 Å². The molecule has 0 bridgehead atoms. The number of nitrogens with two attached hydrogens (primary N) is 1. The molecule has 100 valence electrons. The van der Waals surface area contributed by atoms with Gasteiger partial charge in [0.05, 0.1) is 5.92 Å². The van der Waals surface area contributed by atoms with Crippen molar-refractivity contribution in [2.75, 3.05) is 5.73 Å². The predicted molar refractivity (Wildman–Crippen MR) is 78.6 cm³/mol. The third-order valence-electron chi connectivity index (χ3n) is 2.75. The third-order valence-corrected chi connectivity index (χ3v) is 2.75. The van der Waals surface area contributed by atoms with Gasteiger partial charge in [0.1, 0.15) is 5.75 Å². The van der Waals surface area contributed by atoms with Crippen LogP contribution >= 0.6 is 12.4 Å². The molecule has 2 N–H and O–H groups in total. The standard InChI is InChI=1S/C15H15NO2.ClH/c1-11(12-7-9-13(16)10-8-12)15(17)18-14-5-3-2-4-6-14;/h2-11H,16H2,1H3;1H. The van der Waals surface area contributed by atoms with Crippen molar-refractivity contribution in [2.45, 2.75) is 12.8 Å². The van der Waals surface area contributed by atoms with Crippen molar-refractivity contribution in [1.82, 2.24) is 0 Å². The molecule has 0 aliphatic heterocycles. The van der Waals surface area contributed by atoms with Crippen molar-refractivity contribution in [2.24, 2.45) is 0 Å². The van der Waals surface area contributed by atoms with Gasteiger partial charge in [0.15, 0.2) is 0 Å². The zero-order valence-corrected chi connectivity index (χ0v) is 11.4. The number of para-hydroxylation sites is 1. The zero-order valence-electron chi connectivity index (χ0n) is 10.6. The third kappa shape index (κ3) is 4.00. The first-order valence-electron chi connectivity index (χ1n) is 5.79. The van der Waals surface area contributed by atoms with Crippen LogP contribution in [0.2, 0.25) is 0 Å². The number of carbonyl (C=O) groups excluding carboxylic acids is 1. The Morgan fingerprint density at radius 3 is 2.21 bits per heavy atom. The molecule has 2 rings (SSSR count). The van der Waals surface area contributed by atoms with Crippen molar-refractivity contribution in [1.29, 1.82) is 0 Å². The second kappa shape index (κ2) is 6.81. The summed E-state index contributed by atoms with van der Waals surface area (Å²) in [5, 5.41) is 0. The van der Waals surface area contributed by atoms with Crippen molar-refractivity contribution in [3.8, 4) is 5.75 Å². The average Bonchev–Trinajstić information content (AvgIpc) is 2.40. The molecule has 1 atom stereocenters. The predicted octanol–water partition coefficient (Wildman–Crippen LogP) is 3.40. The Kier molecular flexibility index (Phi) is 5.39. The van der Waals surface area contributed by atoms with Crippen LogP contribution < -0.4 is 10.5 Å². The number of anilines is 1. The Balaban J connectivity index is 0.00000180. The lowest BCUT2D eigenvalue weighted by molar-refractivity contribution is -0.135. The first-order chi connectivity index (χ1) is 8.66. The van der Waals surface area contributed by atoms with Crippen LogP contribution in [0, 0.1) is 0 Å². The molecule has 2 aromatic rings. The van der Waals surface area contributed by atoms with E-state index in [-0.39, 0.29) is 24.3 Å². The number of ether oxygens (including phenoxy) is 1. The molecule has 0 heterocycles. The lowest BCUT2D eigenvalue weighted by atomic mass is 10.0. The van der Waals surface area contributed by atoms with Gasteiger partial charge in [0.2, 0.25) is 0 Å². The number of hydrogen-bond acceptors (Lipinski definition) is 3. The summed E-state index contributed by atoms with van der Waals surface area (Å²) in [5.74, 6) is -0.0263. The van der Waals surface area contributed by atoms with Crippen LogP contribution in [0.4, 0.5) is 5.69 Å². The van der Waals surface area contributed by atoms with Gasteiger partial charge in [-0.15, -0.1) is 12.4 Å². The molecule has 0 aliphatic carbocycles. The number of nitrogen functional groups attached to an aromatic ring is 1. The summed E-state index contributed by atoms with van der Waals surface area (Å²) >= 11 is 0. The number of halogens is 1. The largest absolute Gasteiger partial charge is 0.426 e. The Hall–Kier alpha value is -2.00. The maximum Gasteiger partial charge on any atom is 0.318 e. The lowest BCUT2D eigenvalue weighted by Gasteiger charge is -2.11. The van der Waals surface area contributed by atoms with Crippen LogP contribution in [0.3, 0.4) is 0 Å². The second-order valence-corrected chi connectivity index (χ2v) is 4.12. The second-order valence-electron chi connectivity index (χ2n) is 4.12. The molecule has 0 saturated heterocycles. The summed E-state index contributed by atoms with van der Waals surface area (Å²) in [6.07, 6.45) is 0. The lowest BCUT2D eigenvalue weighted by Crippen LogP contribution is -2.16. The van der Waals surface area contributed by atoms with E-state index < -0.39 is 0 Å². The van der Waals surface area contributed by atoms with Crippen LogP contribution in [0.5, 0.6) is 5.75 Å². The normalized spacial score (nSPS) is 11.2. The Labute approximate surface area is 118 Å².